The number of aryl methyl sites for hydroxylation is 1. The highest BCUT2D eigenvalue weighted by Gasteiger charge is 2.30. The van der Waals surface area contributed by atoms with E-state index >= 15 is 0 Å². The molecule has 3 rings (SSSR count). The summed E-state index contributed by atoms with van der Waals surface area (Å²) in [7, 11) is 0. The van der Waals surface area contributed by atoms with Gasteiger partial charge in [0, 0.05) is 25.4 Å². The normalized spacial score (nSPS) is 19.7. The van der Waals surface area contributed by atoms with Gasteiger partial charge in [0.1, 0.15) is 18.0 Å². The van der Waals surface area contributed by atoms with Crippen molar-refractivity contribution in [2.75, 3.05) is 19.7 Å². The number of morpholine rings is 1. The molecule has 0 aliphatic carbocycles. The average Bonchev–Trinajstić information content (AvgIpc) is 3.26. The molecule has 0 spiro atoms. The Morgan fingerprint density at radius 2 is 2.43 bits per heavy atom. The Hall–Kier alpha value is -2.22. The average molecular weight is 318 g/mol. The summed E-state index contributed by atoms with van der Waals surface area (Å²) in [5.41, 5.74) is 0. The number of aromatic nitrogens is 5. The predicted molar refractivity (Wildman–Crippen MR) is 82.6 cm³/mol. The topological polar surface area (TPSA) is 88.9 Å². The van der Waals surface area contributed by atoms with E-state index in [1.54, 1.807) is 23.3 Å². The molecule has 0 radical (unpaired) electrons. The maximum Gasteiger partial charge on any atom is 0.245 e. The maximum atomic E-state index is 12.7. The monoisotopic (exact) mass is 318 g/mol. The third-order valence-corrected chi connectivity index (χ3v) is 4.03. The van der Waals surface area contributed by atoms with Crippen LogP contribution < -0.4 is 0 Å². The summed E-state index contributed by atoms with van der Waals surface area (Å²) in [4.78, 5) is 22.9. The van der Waals surface area contributed by atoms with E-state index in [0.717, 1.165) is 18.7 Å². The molecule has 0 aromatic carbocycles. The van der Waals surface area contributed by atoms with Crippen molar-refractivity contribution in [2.45, 2.75) is 38.8 Å². The third-order valence-electron chi connectivity index (χ3n) is 4.03. The van der Waals surface area contributed by atoms with E-state index < -0.39 is 0 Å². The number of carbonyl (C=O) groups is 1. The number of aromatic amines is 1. The molecule has 1 N–H and O–H groups in total. The number of H-pyrrole nitrogens is 1. The van der Waals surface area contributed by atoms with Crippen LogP contribution in [0.15, 0.2) is 18.7 Å². The van der Waals surface area contributed by atoms with Crippen LogP contribution in [0.4, 0.5) is 0 Å². The maximum absolute atomic E-state index is 12.7. The van der Waals surface area contributed by atoms with Gasteiger partial charge in [-0.3, -0.25) is 9.89 Å². The molecule has 0 bridgehead atoms. The van der Waals surface area contributed by atoms with E-state index in [1.165, 1.54) is 0 Å². The summed E-state index contributed by atoms with van der Waals surface area (Å²) < 4.78 is 7.55. The summed E-state index contributed by atoms with van der Waals surface area (Å²) in [6.45, 7) is 5.52. The molecule has 2 aromatic heterocycles. The lowest BCUT2D eigenvalue weighted by Crippen LogP contribution is -2.45. The lowest BCUT2D eigenvalue weighted by Gasteiger charge is -2.33. The van der Waals surface area contributed by atoms with Crippen molar-refractivity contribution in [1.29, 1.82) is 0 Å². The molecular formula is C15H22N6O2. The number of amides is 1. The Bertz CT molecular complexity index is 638. The molecule has 1 aliphatic rings. The second-order valence-corrected chi connectivity index (χ2v) is 5.72. The first-order valence-corrected chi connectivity index (χ1v) is 7.98. The van der Waals surface area contributed by atoms with Crippen molar-refractivity contribution < 1.29 is 9.53 Å². The van der Waals surface area contributed by atoms with Crippen LogP contribution >= 0.6 is 0 Å². The Balaban J connectivity index is 1.66. The molecule has 0 saturated carbocycles. The highest BCUT2D eigenvalue weighted by Crippen LogP contribution is 2.21. The number of ether oxygens (including phenoxy) is 1. The summed E-state index contributed by atoms with van der Waals surface area (Å²) in [6, 6.07) is -0.279. The van der Waals surface area contributed by atoms with Crippen LogP contribution in [-0.2, 0) is 16.0 Å². The van der Waals surface area contributed by atoms with Gasteiger partial charge in [0.2, 0.25) is 5.91 Å². The smallest absolute Gasteiger partial charge is 0.245 e. The quantitative estimate of drug-likeness (QED) is 0.892. The van der Waals surface area contributed by atoms with Crippen molar-refractivity contribution >= 4 is 5.91 Å². The molecule has 1 aliphatic heterocycles. The minimum absolute atomic E-state index is 0.0561. The lowest BCUT2D eigenvalue weighted by molar-refractivity contribution is -0.142. The number of imidazole rings is 1. The molecule has 1 fully saturated rings. The van der Waals surface area contributed by atoms with E-state index in [0.29, 0.717) is 25.5 Å². The number of hydrogen-bond donors (Lipinski definition) is 1. The number of rotatable bonds is 5. The van der Waals surface area contributed by atoms with Gasteiger partial charge in [-0.25, -0.2) is 9.97 Å². The van der Waals surface area contributed by atoms with Gasteiger partial charge in [0.05, 0.1) is 19.5 Å². The standard InChI is InChI=1S/C15H22N6O2/c1-3-4-13-17-14(19-18-13)12-9-20(7-8-23-12)15(22)11(2)21-6-5-16-10-21/h5-6,10-12H,3-4,7-9H2,1-2H3,(H,17,18,19). The largest absolute Gasteiger partial charge is 0.366 e. The molecule has 8 nitrogen and oxygen atoms in total. The Morgan fingerprint density at radius 1 is 1.57 bits per heavy atom. The summed E-state index contributed by atoms with van der Waals surface area (Å²) >= 11 is 0. The molecule has 8 heteroatoms. The molecule has 23 heavy (non-hydrogen) atoms. The first-order chi connectivity index (χ1) is 11.2. The van der Waals surface area contributed by atoms with Crippen LogP contribution in [0.2, 0.25) is 0 Å². The molecular weight excluding hydrogens is 296 g/mol. The van der Waals surface area contributed by atoms with Crippen molar-refractivity contribution in [3.8, 4) is 0 Å². The second-order valence-electron chi connectivity index (χ2n) is 5.72. The van der Waals surface area contributed by atoms with Gasteiger partial charge in [-0.2, -0.15) is 5.10 Å². The van der Waals surface area contributed by atoms with E-state index in [1.807, 2.05) is 11.8 Å². The van der Waals surface area contributed by atoms with E-state index in [4.69, 9.17) is 4.74 Å². The SMILES string of the molecule is CCCc1nc(C2CN(C(=O)C(C)n3ccnc3)CCO2)n[nH]1. The van der Waals surface area contributed by atoms with Crippen LogP contribution in [0, 0.1) is 0 Å². The van der Waals surface area contributed by atoms with Crippen molar-refractivity contribution in [1.82, 2.24) is 29.6 Å². The number of nitrogens with zero attached hydrogens (tertiary/aromatic N) is 5. The van der Waals surface area contributed by atoms with Gasteiger partial charge in [-0.1, -0.05) is 6.92 Å². The predicted octanol–water partition coefficient (Wildman–Crippen LogP) is 1.11. The summed E-state index contributed by atoms with van der Waals surface area (Å²) in [5, 5.41) is 7.17. The first kappa shape index (κ1) is 15.7. The fourth-order valence-electron chi connectivity index (χ4n) is 2.70. The van der Waals surface area contributed by atoms with Crippen molar-refractivity contribution in [2.24, 2.45) is 0 Å². The fourth-order valence-corrected chi connectivity index (χ4v) is 2.70. The van der Waals surface area contributed by atoms with Crippen LogP contribution in [-0.4, -0.2) is 55.2 Å². The minimum Gasteiger partial charge on any atom is -0.366 e. The zero-order valence-electron chi connectivity index (χ0n) is 13.5. The Kier molecular flexibility index (Phi) is 4.71. The first-order valence-electron chi connectivity index (χ1n) is 7.98. The number of nitrogens with one attached hydrogen (secondary N) is 1. The van der Waals surface area contributed by atoms with Gasteiger partial charge in [0.25, 0.3) is 0 Å². The van der Waals surface area contributed by atoms with Crippen molar-refractivity contribution in [3.63, 3.8) is 0 Å². The van der Waals surface area contributed by atoms with Crippen LogP contribution in [0.25, 0.3) is 0 Å². The lowest BCUT2D eigenvalue weighted by atomic mass is 10.2. The van der Waals surface area contributed by atoms with E-state index in [2.05, 4.69) is 27.1 Å². The van der Waals surface area contributed by atoms with Crippen molar-refractivity contribution in [3.05, 3.63) is 30.4 Å². The van der Waals surface area contributed by atoms with E-state index in [9.17, 15) is 4.79 Å². The van der Waals surface area contributed by atoms with Crippen LogP contribution in [0.1, 0.15) is 44.1 Å². The Labute approximate surface area is 134 Å². The van der Waals surface area contributed by atoms with Gasteiger partial charge in [-0.15, -0.1) is 0 Å². The molecule has 2 atom stereocenters. The van der Waals surface area contributed by atoms with Crippen LogP contribution in [0.3, 0.4) is 0 Å². The van der Waals surface area contributed by atoms with Gasteiger partial charge in [-0.05, 0) is 13.3 Å². The molecule has 1 amide bonds. The van der Waals surface area contributed by atoms with Gasteiger partial charge < -0.3 is 14.2 Å². The van der Waals surface area contributed by atoms with E-state index in [-0.39, 0.29) is 18.1 Å². The molecule has 1 saturated heterocycles. The van der Waals surface area contributed by atoms with Gasteiger partial charge in [0.15, 0.2) is 5.82 Å². The zero-order chi connectivity index (χ0) is 16.2. The third kappa shape index (κ3) is 3.42. The highest BCUT2D eigenvalue weighted by atomic mass is 16.5. The fraction of sp³-hybridized carbons (Fsp3) is 0.600. The zero-order valence-corrected chi connectivity index (χ0v) is 13.5. The Morgan fingerprint density at radius 3 is 3.17 bits per heavy atom. The summed E-state index contributed by atoms with van der Waals surface area (Å²) in [5.74, 6) is 1.54. The van der Waals surface area contributed by atoms with Gasteiger partial charge >= 0.3 is 0 Å². The number of carbonyl (C=O) groups excluding carboxylic acids is 1. The second kappa shape index (κ2) is 6.91. The highest BCUT2D eigenvalue weighted by molar-refractivity contribution is 5.80. The molecule has 2 aromatic rings. The number of hydrogen-bond acceptors (Lipinski definition) is 5. The summed E-state index contributed by atoms with van der Waals surface area (Å²) in [6.07, 6.45) is 6.73. The molecule has 124 valence electrons. The van der Waals surface area contributed by atoms with Crippen LogP contribution in [0.5, 0.6) is 0 Å². The molecule has 3 heterocycles. The minimum atomic E-state index is -0.279. The molecule has 2 unspecified atom stereocenters.